The Balaban J connectivity index is 2.53. The molecule has 0 atom stereocenters. The van der Waals surface area contributed by atoms with Crippen LogP contribution < -0.4 is 0 Å². The maximum atomic E-state index is 13.6. The van der Waals surface area contributed by atoms with E-state index in [9.17, 15) is 9.18 Å². The molecule has 0 fully saturated rings. The van der Waals surface area contributed by atoms with Gasteiger partial charge in [0.1, 0.15) is 5.82 Å². The number of H-pyrrole nitrogens is 1. The Labute approximate surface area is 97.4 Å². The quantitative estimate of drug-likeness (QED) is 0.825. The molecule has 0 aliphatic heterocycles. The number of methoxy groups -OCH3 is 1. The van der Waals surface area contributed by atoms with Gasteiger partial charge in [-0.25, -0.2) is 4.39 Å². The predicted molar refractivity (Wildman–Crippen MR) is 60.1 cm³/mol. The van der Waals surface area contributed by atoms with Crippen molar-refractivity contribution in [2.75, 3.05) is 7.11 Å². The lowest BCUT2D eigenvalue weighted by Crippen LogP contribution is -1.94. The van der Waals surface area contributed by atoms with Crippen molar-refractivity contribution in [1.29, 1.82) is 0 Å². The molecule has 0 bridgehead atoms. The van der Waals surface area contributed by atoms with Gasteiger partial charge in [0.05, 0.1) is 23.6 Å². The third kappa shape index (κ3) is 2.09. The summed E-state index contributed by atoms with van der Waals surface area (Å²) in [6.45, 7) is 0.207. The molecule has 5 heteroatoms. The van der Waals surface area contributed by atoms with Gasteiger partial charge >= 0.3 is 0 Å². The van der Waals surface area contributed by atoms with Crippen molar-refractivity contribution in [2.45, 2.75) is 6.61 Å². The Kier molecular flexibility index (Phi) is 3.30. The van der Waals surface area contributed by atoms with Gasteiger partial charge in [0.25, 0.3) is 0 Å². The van der Waals surface area contributed by atoms with Crippen LogP contribution in [0.3, 0.4) is 0 Å². The van der Waals surface area contributed by atoms with Gasteiger partial charge in [0.15, 0.2) is 6.29 Å². The van der Waals surface area contributed by atoms with E-state index in [4.69, 9.17) is 4.74 Å². The number of benzene rings is 1. The van der Waals surface area contributed by atoms with Gasteiger partial charge in [-0.2, -0.15) is 5.10 Å². The maximum absolute atomic E-state index is 13.6. The summed E-state index contributed by atoms with van der Waals surface area (Å²) >= 11 is 0. The highest BCUT2D eigenvalue weighted by Crippen LogP contribution is 2.25. The van der Waals surface area contributed by atoms with Crippen LogP contribution in [0, 0.1) is 5.82 Å². The second-order valence-electron chi connectivity index (χ2n) is 3.49. The summed E-state index contributed by atoms with van der Waals surface area (Å²) in [6, 6.07) is 6.21. The highest BCUT2D eigenvalue weighted by molar-refractivity contribution is 5.87. The zero-order chi connectivity index (χ0) is 12.3. The van der Waals surface area contributed by atoms with E-state index >= 15 is 0 Å². The van der Waals surface area contributed by atoms with E-state index in [1.807, 2.05) is 0 Å². The first-order valence-electron chi connectivity index (χ1n) is 5.04. The van der Waals surface area contributed by atoms with Crippen molar-refractivity contribution in [3.8, 4) is 11.3 Å². The van der Waals surface area contributed by atoms with Gasteiger partial charge in [-0.1, -0.05) is 12.1 Å². The van der Waals surface area contributed by atoms with Crippen molar-refractivity contribution < 1.29 is 13.9 Å². The molecule has 0 unspecified atom stereocenters. The minimum Gasteiger partial charge on any atom is -0.378 e. The third-order valence-electron chi connectivity index (χ3n) is 2.43. The first kappa shape index (κ1) is 11.5. The Morgan fingerprint density at radius 2 is 2.24 bits per heavy atom. The first-order valence-corrected chi connectivity index (χ1v) is 5.04. The monoisotopic (exact) mass is 234 g/mol. The van der Waals surface area contributed by atoms with Crippen LogP contribution in [0.4, 0.5) is 4.39 Å². The fraction of sp³-hybridized carbons (Fsp3) is 0.167. The topological polar surface area (TPSA) is 55.0 Å². The fourth-order valence-electron chi connectivity index (χ4n) is 1.63. The standard InChI is InChI=1S/C12H11FN2O2/c1-17-7-11-9(6-16)12(15-14-11)8-4-2-3-5-10(8)13/h2-6H,7H2,1H3,(H,14,15). The van der Waals surface area contributed by atoms with Crippen molar-refractivity contribution in [1.82, 2.24) is 10.2 Å². The number of ether oxygens (including phenoxy) is 1. The van der Waals surface area contributed by atoms with Crippen LogP contribution in [-0.4, -0.2) is 23.6 Å². The SMILES string of the molecule is COCc1n[nH]c(-c2ccccc2F)c1C=O. The minimum atomic E-state index is -0.400. The van der Waals surface area contributed by atoms with Crippen LogP contribution in [0.5, 0.6) is 0 Å². The summed E-state index contributed by atoms with van der Waals surface area (Å²) in [4.78, 5) is 11.0. The lowest BCUT2D eigenvalue weighted by molar-refractivity contribution is 0.111. The molecule has 0 saturated heterocycles. The average Bonchev–Trinajstić information content (AvgIpc) is 2.73. The van der Waals surface area contributed by atoms with Gasteiger partial charge in [-0.3, -0.25) is 9.89 Å². The number of aromatic amines is 1. The molecule has 1 aromatic carbocycles. The summed E-state index contributed by atoms with van der Waals surface area (Å²) in [5.74, 6) is -0.400. The number of nitrogens with zero attached hydrogens (tertiary/aromatic N) is 1. The second kappa shape index (κ2) is 4.88. The van der Waals surface area contributed by atoms with Gasteiger partial charge in [-0.05, 0) is 12.1 Å². The molecule has 0 radical (unpaired) electrons. The van der Waals surface area contributed by atoms with Gasteiger partial charge < -0.3 is 4.74 Å². The number of aldehydes is 1. The molecule has 4 nitrogen and oxygen atoms in total. The molecular weight excluding hydrogens is 223 g/mol. The number of hydrogen-bond donors (Lipinski definition) is 1. The van der Waals surface area contributed by atoms with E-state index in [0.717, 1.165) is 0 Å². The summed E-state index contributed by atoms with van der Waals surface area (Å²) < 4.78 is 18.5. The number of hydrogen-bond acceptors (Lipinski definition) is 3. The zero-order valence-electron chi connectivity index (χ0n) is 9.24. The predicted octanol–water partition coefficient (Wildman–Crippen LogP) is 2.17. The van der Waals surface area contributed by atoms with E-state index in [1.165, 1.54) is 13.2 Å². The lowest BCUT2D eigenvalue weighted by Gasteiger charge is -2.01. The number of rotatable bonds is 4. The van der Waals surface area contributed by atoms with Crippen LogP contribution in [0.15, 0.2) is 24.3 Å². The van der Waals surface area contributed by atoms with Crippen LogP contribution in [0.1, 0.15) is 16.1 Å². The first-order chi connectivity index (χ1) is 8.27. The summed E-state index contributed by atoms with van der Waals surface area (Å²) in [6.07, 6.45) is 0.652. The molecule has 1 aromatic heterocycles. The van der Waals surface area contributed by atoms with Gasteiger partial charge in [0.2, 0.25) is 0 Å². The van der Waals surface area contributed by atoms with Crippen molar-refractivity contribution in [2.24, 2.45) is 0 Å². The molecule has 2 aromatic rings. The average molecular weight is 234 g/mol. The van der Waals surface area contributed by atoms with Gasteiger partial charge in [-0.15, -0.1) is 0 Å². The Bertz CT molecular complexity index is 537. The Morgan fingerprint density at radius 1 is 1.47 bits per heavy atom. The highest BCUT2D eigenvalue weighted by atomic mass is 19.1. The van der Waals surface area contributed by atoms with Crippen molar-refractivity contribution in [3.05, 3.63) is 41.3 Å². The molecule has 0 saturated carbocycles. The molecule has 1 N–H and O–H groups in total. The number of carbonyl (C=O) groups is 1. The van der Waals surface area contributed by atoms with Crippen LogP contribution >= 0.6 is 0 Å². The van der Waals surface area contributed by atoms with Crippen LogP contribution in [-0.2, 0) is 11.3 Å². The molecule has 0 aliphatic carbocycles. The molecule has 17 heavy (non-hydrogen) atoms. The third-order valence-corrected chi connectivity index (χ3v) is 2.43. The largest absolute Gasteiger partial charge is 0.378 e. The van der Waals surface area contributed by atoms with Gasteiger partial charge in [0, 0.05) is 12.7 Å². The molecular formula is C12H11FN2O2. The molecule has 0 spiro atoms. The number of aromatic nitrogens is 2. The highest BCUT2D eigenvalue weighted by Gasteiger charge is 2.16. The molecule has 0 amide bonds. The molecule has 88 valence electrons. The van der Waals surface area contributed by atoms with Crippen LogP contribution in [0.2, 0.25) is 0 Å². The number of halogens is 1. The van der Waals surface area contributed by atoms with E-state index in [1.54, 1.807) is 18.2 Å². The summed E-state index contributed by atoms with van der Waals surface area (Å²) in [7, 11) is 1.51. The Morgan fingerprint density at radius 3 is 2.88 bits per heavy atom. The van der Waals surface area contributed by atoms with E-state index in [2.05, 4.69) is 10.2 Å². The second-order valence-corrected chi connectivity index (χ2v) is 3.49. The van der Waals surface area contributed by atoms with E-state index in [0.29, 0.717) is 28.8 Å². The Hall–Kier alpha value is -2.01. The smallest absolute Gasteiger partial charge is 0.154 e. The van der Waals surface area contributed by atoms with E-state index in [-0.39, 0.29) is 6.61 Å². The summed E-state index contributed by atoms with van der Waals surface area (Å²) in [5.41, 5.74) is 1.51. The fourth-order valence-corrected chi connectivity index (χ4v) is 1.63. The van der Waals surface area contributed by atoms with Crippen LogP contribution in [0.25, 0.3) is 11.3 Å². The van der Waals surface area contributed by atoms with Crippen molar-refractivity contribution >= 4 is 6.29 Å². The summed E-state index contributed by atoms with van der Waals surface area (Å²) in [5, 5.41) is 6.61. The lowest BCUT2D eigenvalue weighted by atomic mass is 10.1. The van der Waals surface area contributed by atoms with E-state index < -0.39 is 5.82 Å². The number of carbonyl (C=O) groups excluding carboxylic acids is 1. The molecule has 1 heterocycles. The minimum absolute atomic E-state index is 0.207. The zero-order valence-corrected chi connectivity index (χ0v) is 9.24. The maximum Gasteiger partial charge on any atom is 0.154 e. The normalized spacial score (nSPS) is 10.5. The van der Waals surface area contributed by atoms with Crippen molar-refractivity contribution in [3.63, 3.8) is 0 Å². The molecule has 0 aliphatic rings. The molecule has 2 rings (SSSR count). The number of nitrogens with one attached hydrogen (secondary N) is 1.